The Morgan fingerprint density at radius 1 is 0.600 bits per heavy atom. The fraction of sp³-hybridized carbons (Fsp3) is 0.429. The van der Waals surface area contributed by atoms with E-state index < -0.39 is 0 Å². The molecule has 0 aliphatic carbocycles. The van der Waals surface area contributed by atoms with E-state index >= 15 is 0 Å². The third-order valence-corrected chi connectivity index (χ3v) is 6.97. The Labute approximate surface area is 185 Å². The van der Waals surface area contributed by atoms with Crippen LogP contribution in [0.3, 0.4) is 0 Å². The van der Waals surface area contributed by atoms with Gasteiger partial charge in [0.1, 0.15) is 5.75 Å². The molecule has 2 heteroatoms. The highest BCUT2D eigenvalue weighted by atomic mass is 32.2. The molecule has 0 N–H and O–H groups in total. The molecule has 0 radical (unpaired) electrons. The van der Waals surface area contributed by atoms with Crippen molar-refractivity contribution in [2.45, 2.75) is 71.1 Å². The fourth-order valence-electron chi connectivity index (χ4n) is 4.53. The van der Waals surface area contributed by atoms with Crippen molar-refractivity contribution in [3.63, 3.8) is 0 Å². The highest BCUT2D eigenvalue weighted by Gasteiger charge is 2.11. The molecule has 0 unspecified atom stereocenters. The summed E-state index contributed by atoms with van der Waals surface area (Å²) in [5, 5.41) is 7.83. The molecule has 0 bridgehead atoms. The molecule has 1 nitrogen and oxygen atoms in total. The summed E-state index contributed by atoms with van der Waals surface area (Å²) in [7, 11) is 0. The van der Waals surface area contributed by atoms with Crippen LogP contribution >= 0.6 is 12.0 Å². The SMILES string of the molecule is CCCCCCCCCCCCSOc1ccc2ccc3cccc4ccc1c2c34. The molecule has 0 atom stereocenters. The Bertz CT molecular complexity index is 1040. The van der Waals surface area contributed by atoms with E-state index in [4.69, 9.17) is 4.18 Å². The van der Waals surface area contributed by atoms with E-state index in [1.54, 1.807) is 12.0 Å². The van der Waals surface area contributed by atoms with Crippen molar-refractivity contribution >= 4 is 44.4 Å². The van der Waals surface area contributed by atoms with Crippen molar-refractivity contribution in [3.05, 3.63) is 54.6 Å². The van der Waals surface area contributed by atoms with Gasteiger partial charge in [-0.25, -0.2) is 0 Å². The largest absolute Gasteiger partial charge is 0.425 e. The summed E-state index contributed by atoms with van der Waals surface area (Å²) in [4.78, 5) is 0. The Hall–Kier alpha value is -1.93. The van der Waals surface area contributed by atoms with Gasteiger partial charge in [-0.15, -0.1) is 0 Å². The van der Waals surface area contributed by atoms with E-state index in [0.29, 0.717) is 0 Å². The standard InChI is InChI=1S/C28H34OS/c1-2-3-4-5-6-7-8-9-10-11-21-30-29-26-20-18-24-16-15-22-13-12-14-23-17-19-25(26)28(24)27(22)23/h12-20H,2-11,21H2,1H3. The lowest BCUT2D eigenvalue weighted by Gasteiger charge is -2.13. The second-order valence-corrected chi connectivity index (χ2v) is 9.32. The maximum atomic E-state index is 6.16. The zero-order valence-electron chi connectivity index (χ0n) is 18.3. The third-order valence-electron chi connectivity index (χ3n) is 6.22. The molecule has 4 aromatic carbocycles. The molecule has 0 aromatic heterocycles. The molecular formula is C28H34OS. The van der Waals surface area contributed by atoms with E-state index in [1.807, 2.05) is 0 Å². The first kappa shape index (κ1) is 21.3. The van der Waals surface area contributed by atoms with Crippen LogP contribution in [0.25, 0.3) is 32.3 Å². The summed E-state index contributed by atoms with van der Waals surface area (Å²) < 4.78 is 6.16. The summed E-state index contributed by atoms with van der Waals surface area (Å²) in [5.74, 6) is 2.07. The average Bonchev–Trinajstić information content (AvgIpc) is 2.79. The van der Waals surface area contributed by atoms with Crippen molar-refractivity contribution < 1.29 is 4.18 Å². The van der Waals surface area contributed by atoms with Gasteiger partial charge in [0.2, 0.25) is 0 Å². The maximum absolute atomic E-state index is 6.16. The monoisotopic (exact) mass is 418 g/mol. The van der Waals surface area contributed by atoms with Crippen LogP contribution in [0.2, 0.25) is 0 Å². The average molecular weight is 419 g/mol. The van der Waals surface area contributed by atoms with Crippen LogP contribution in [0.5, 0.6) is 5.75 Å². The normalized spacial score (nSPS) is 11.8. The number of unbranched alkanes of at least 4 members (excludes halogenated alkanes) is 9. The fourth-order valence-corrected chi connectivity index (χ4v) is 5.21. The van der Waals surface area contributed by atoms with Crippen LogP contribution in [0.4, 0.5) is 0 Å². The minimum Gasteiger partial charge on any atom is -0.425 e. The van der Waals surface area contributed by atoms with Crippen molar-refractivity contribution in [2.24, 2.45) is 0 Å². The van der Waals surface area contributed by atoms with Gasteiger partial charge in [0, 0.05) is 16.5 Å². The third kappa shape index (κ3) is 5.03. The quantitative estimate of drug-likeness (QED) is 0.121. The molecule has 0 heterocycles. The smallest absolute Gasteiger partial charge is 0.145 e. The van der Waals surface area contributed by atoms with E-state index in [1.165, 1.54) is 96.5 Å². The highest BCUT2D eigenvalue weighted by molar-refractivity contribution is 7.95. The van der Waals surface area contributed by atoms with Gasteiger partial charge < -0.3 is 4.18 Å². The van der Waals surface area contributed by atoms with Crippen LogP contribution < -0.4 is 4.18 Å². The number of hydrogen-bond donors (Lipinski definition) is 0. The van der Waals surface area contributed by atoms with Crippen molar-refractivity contribution in [1.29, 1.82) is 0 Å². The highest BCUT2D eigenvalue weighted by Crippen LogP contribution is 2.39. The van der Waals surface area contributed by atoms with Crippen LogP contribution in [-0.2, 0) is 0 Å². The van der Waals surface area contributed by atoms with E-state index in [0.717, 1.165) is 11.5 Å². The van der Waals surface area contributed by atoms with Crippen LogP contribution in [0.1, 0.15) is 71.1 Å². The van der Waals surface area contributed by atoms with Crippen LogP contribution in [0, 0.1) is 0 Å². The van der Waals surface area contributed by atoms with Gasteiger partial charge in [-0.3, -0.25) is 0 Å². The Kier molecular flexibility index (Phi) is 7.75. The Balaban J connectivity index is 1.25. The maximum Gasteiger partial charge on any atom is 0.145 e. The molecular weight excluding hydrogens is 384 g/mol. The molecule has 0 aliphatic heterocycles. The Morgan fingerprint density at radius 2 is 1.17 bits per heavy atom. The molecule has 4 rings (SSSR count). The van der Waals surface area contributed by atoms with Crippen LogP contribution in [0.15, 0.2) is 54.6 Å². The zero-order valence-corrected chi connectivity index (χ0v) is 19.1. The van der Waals surface area contributed by atoms with Gasteiger partial charge in [-0.1, -0.05) is 107 Å². The minimum atomic E-state index is 0.998. The van der Waals surface area contributed by atoms with Crippen molar-refractivity contribution in [3.8, 4) is 5.75 Å². The second kappa shape index (κ2) is 10.9. The lowest BCUT2D eigenvalue weighted by molar-refractivity contribution is 0.562. The minimum absolute atomic E-state index is 0.998. The number of benzene rings is 4. The number of rotatable bonds is 13. The van der Waals surface area contributed by atoms with E-state index in [-0.39, 0.29) is 0 Å². The molecule has 30 heavy (non-hydrogen) atoms. The summed E-state index contributed by atoms with van der Waals surface area (Å²) >= 11 is 1.61. The van der Waals surface area contributed by atoms with Gasteiger partial charge >= 0.3 is 0 Å². The number of hydrogen-bond acceptors (Lipinski definition) is 2. The lowest BCUT2D eigenvalue weighted by atomic mass is 9.94. The summed E-state index contributed by atoms with van der Waals surface area (Å²) in [6.45, 7) is 2.28. The molecule has 0 saturated carbocycles. The molecule has 4 aromatic rings. The van der Waals surface area contributed by atoms with Gasteiger partial charge in [0.25, 0.3) is 0 Å². The van der Waals surface area contributed by atoms with E-state index in [9.17, 15) is 0 Å². The van der Waals surface area contributed by atoms with Crippen molar-refractivity contribution in [2.75, 3.05) is 5.75 Å². The molecule has 0 amide bonds. The molecule has 158 valence electrons. The molecule has 0 aliphatic rings. The first-order chi connectivity index (χ1) is 14.9. The first-order valence-electron chi connectivity index (χ1n) is 11.8. The molecule has 0 spiro atoms. The van der Waals surface area contributed by atoms with Crippen molar-refractivity contribution in [1.82, 2.24) is 0 Å². The van der Waals surface area contributed by atoms with Gasteiger partial charge in [0.15, 0.2) is 0 Å². The Morgan fingerprint density at radius 3 is 1.87 bits per heavy atom. The topological polar surface area (TPSA) is 9.23 Å². The summed E-state index contributed by atoms with van der Waals surface area (Å²) in [5.41, 5.74) is 0. The predicted molar refractivity (Wildman–Crippen MR) is 135 cm³/mol. The predicted octanol–water partition coefficient (Wildman–Crippen LogP) is 9.53. The lowest BCUT2D eigenvalue weighted by Crippen LogP contribution is -1.90. The van der Waals surface area contributed by atoms with Gasteiger partial charge in [-0.05, 0) is 40.1 Å². The molecule has 0 saturated heterocycles. The first-order valence-corrected chi connectivity index (χ1v) is 12.8. The van der Waals surface area contributed by atoms with Gasteiger partial charge in [-0.2, -0.15) is 0 Å². The van der Waals surface area contributed by atoms with Crippen LogP contribution in [-0.4, -0.2) is 5.75 Å². The van der Waals surface area contributed by atoms with Gasteiger partial charge in [0.05, 0.1) is 12.0 Å². The summed E-state index contributed by atoms with van der Waals surface area (Å²) in [6.07, 6.45) is 13.8. The molecule has 0 fully saturated rings. The van der Waals surface area contributed by atoms with E-state index in [2.05, 4.69) is 61.5 Å². The summed E-state index contributed by atoms with van der Waals surface area (Å²) in [6, 6.07) is 19.8. The second-order valence-electron chi connectivity index (χ2n) is 8.51. The zero-order chi connectivity index (χ0) is 20.6.